The Balaban J connectivity index is 1.53. The molecule has 1 aliphatic heterocycles. The molecule has 0 spiro atoms. The van der Waals surface area contributed by atoms with E-state index in [9.17, 15) is 14.4 Å². The third-order valence-corrected chi connectivity index (χ3v) is 5.54. The van der Waals surface area contributed by atoms with Gasteiger partial charge in [0.25, 0.3) is 5.91 Å². The van der Waals surface area contributed by atoms with Gasteiger partial charge < -0.3 is 19.7 Å². The fourth-order valence-electron chi connectivity index (χ4n) is 3.68. The van der Waals surface area contributed by atoms with E-state index in [1.165, 1.54) is 10.5 Å². The summed E-state index contributed by atoms with van der Waals surface area (Å²) < 4.78 is 11.0. The smallest absolute Gasteiger partial charge is 0.308 e. The number of carbonyl (C=O) groups excluding carboxylic acids is 3. The van der Waals surface area contributed by atoms with E-state index in [1.54, 1.807) is 24.3 Å². The number of aryl methyl sites for hydroxylation is 1. The van der Waals surface area contributed by atoms with Crippen molar-refractivity contribution in [2.75, 3.05) is 26.3 Å². The van der Waals surface area contributed by atoms with Crippen LogP contribution in [0.1, 0.15) is 48.5 Å². The molecular formula is C26H32N2O5. The Kier molecular flexibility index (Phi) is 9.30. The third-order valence-electron chi connectivity index (χ3n) is 5.54. The second-order valence-electron chi connectivity index (χ2n) is 8.05. The van der Waals surface area contributed by atoms with Gasteiger partial charge in [-0.05, 0) is 49.1 Å². The molecule has 0 aliphatic carbocycles. The van der Waals surface area contributed by atoms with Crippen molar-refractivity contribution in [3.8, 4) is 5.75 Å². The van der Waals surface area contributed by atoms with Crippen LogP contribution in [0, 0.1) is 0 Å². The van der Waals surface area contributed by atoms with Crippen LogP contribution < -0.4 is 10.1 Å². The maximum Gasteiger partial charge on any atom is 0.308 e. The van der Waals surface area contributed by atoms with Gasteiger partial charge in [0.15, 0.2) is 0 Å². The van der Waals surface area contributed by atoms with Crippen LogP contribution in [0.2, 0.25) is 0 Å². The summed E-state index contributed by atoms with van der Waals surface area (Å²) in [4.78, 5) is 39.4. The average molecular weight is 453 g/mol. The zero-order chi connectivity index (χ0) is 23.5. The maximum absolute atomic E-state index is 13.1. The molecule has 1 aliphatic rings. The van der Waals surface area contributed by atoms with Gasteiger partial charge >= 0.3 is 5.97 Å². The predicted octanol–water partition coefficient (Wildman–Crippen LogP) is 3.37. The molecule has 0 radical (unpaired) electrons. The van der Waals surface area contributed by atoms with E-state index in [0.717, 1.165) is 19.3 Å². The first-order valence-electron chi connectivity index (χ1n) is 11.6. The van der Waals surface area contributed by atoms with Crippen LogP contribution in [-0.4, -0.2) is 55.0 Å². The summed E-state index contributed by atoms with van der Waals surface area (Å²) >= 11 is 0. The van der Waals surface area contributed by atoms with Gasteiger partial charge in [-0.15, -0.1) is 0 Å². The number of hydrogen-bond donors (Lipinski definition) is 1. The normalized spacial score (nSPS) is 15.6. The van der Waals surface area contributed by atoms with Crippen molar-refractivity contribution >= 4 is 17.8 Å². The van der Waals surface area contributed by atoms with Crippen molar-refractivity contribution in [1.29, 1.82) is 0 Å². The van der Waals surface area contributed by atoms with Crippen LogP contribution in [-0.2, 0) is 20.7 Å². The quantitative estimate of drug-likeness (QED) is 0.417. The van der Waals surface area contributed by atoms with Crippen molar-refractivity contribution in [2.24, 2.45) is 0 Å². The Hall–Kier alpha value is -3.35. The highest BCUT2D eigenvalue weighted by molar-refractivity contribution is 5.99. The minimum absolute atomic E-state index is 0.166. The molecule has 2 amide bonds. The molecule has 7 heteroatoms. The Bertz CT molecular complexity index is 914. The number of benzene rings is 2. The third kappa shape index (κ3) is 7.34. The summed E-state index contributed by atoms with van der Waals surface area (Å²) in [6, 6.07) is 16.0. The molecule has 0 bridgehead atoms. The lowest BCUT2D eigenvalue weighted by Gasteiger charge is -2.34. The van der Waals surface area contributed by atoms with Gasteiger partial charge in [0.1, 0.15) is 11.8 Å². The van der Waals surface area contributed by atoms with Crippen molar-refractivity contribution in [2.45, 2.75) is 45.1 Å². The fraction of sp³-hybridized carbons (Fsp3) is 0.423. The number of rotatable bonds is 11. The van der Waals surface area contributed by atoms with Gasteiger partial charge in [0.05, 0.1) is 19.6 Å². The fourth-order valence-corrected chi connectivity index (χ4v) is 3.68. The van der Waals surface area contributed by atoms with Crippen molar-refractivity contribution in [3.63, 3.8) is 0 Å². The van der Waals surface area contributed by atoms with E-state index < -0.39 is 12.0 Å². The number of unbranched alkanes of at least 4 members (excludes halogenated alkanes) is 1. The van der Waals surface area contributed by atoms with Crippen LogP contribution in [0.5, 0.6) is 5.75 Å². The SMILES string of the molecule is CCCCOc1ccc(C(=O)N2CCNC(=O)[C@@H]2CC(=O)OCCCc2ccccc2)cc1. The lowest BCUT2D eigenvalue weighted by Crippen LogP contribution is -2.57. The average Bonchev–Trinajstić information content (AvgIpc) is 2.84. The van der Waals surface area contributed by atoms with Crippen molar-refractivity contribution in [1.82, 2.24) is 10.2 Å². The second kappa shape index (κ2) is 12.6. The van der Waals surface area contributed by atoms with Crippen LogP contribution in [0.3, 0.4) is 0 Å². The number of amides is 2. The minimum Gasteiger partial charge on any atom is -0.494 e. The summed E-state index contributed by atoms with van der Waals surface area (Å²) in [6.45, 7) is 3.69. The van der Waals surface area contributed by atoms with E-state index in [4.69, 9.17) is 9.47 Å². The van der Waals surface area contributed by atoms with E-state index in [-0.39, 0.29) is 24.8 Å². The molecule has 1 heterocycles. The lowest BCUT2D eigenvalue weighted by molar-refractivity contribution is -0.147. The number of nitrogens with one attached hydrogen (secondary N) is 1. The number of hydrogen-bond acceptors (Lipinski definition) is 5. The summed E-state index contributed by atoms with van der Waals surface area (Å²) in [5, 5.41) is 2.74. The number of nitrogens with zero attached hydrogens (tertiary/aromatic N) is 1. The Labute approximate surface area is 195 Å². The van der Waals surface area contributed by atoms with Crippen molar-refractivity contribution < 1.29 is 23.9 Å². The molecule has 1 fully saturated rings. The topological polar surface area (TPSA) is 84.9 Å². The molecule has 0 unspecified atom stereocenters. The molecule has 1 saturated heterocycles. The number of esters is 1. The molecule has 7 nitrogen and oxygen atoms in total. The first kappa shape index (κ1) is 24.3. The van der Waals surface area contributed by atoms with Crippen LogP contribution in [0.25, 0.3) is 0 Å². The first-order valence-corrected chi connectivity index (χ1v) is 11.6. The number of ether oxygens (including phenoxy) is 2. The van der Waals surface area contributed by atoms with E-state index in [1.807, 2.05) is 30.3 Å². The number of carbonyl (C=O) groups is 3. The first-order chi connectivity index (χ1) is 16.1. The summed E-state index contributed by atoms with van der Waals surface area (Å²) in [7, 11) is 0. The number of piperazine rings is 1. The van der Waals surface area contributed by atoms with Gasteiger partial charge in [0.2, 0.25) is 5.91 Å². The molecule has 2 aromatic rings. The second-order valence-corrected chi connectivity index (χ2v) is 8.05. The van der Waals surface area contributed by atoms with Crippen LogP contribution >= 0.6 is 0 Å². The maximum atomic E-state index is 13.1. The van der Waals surface area contributed by atoms with Gasteiger partial charge in [-0.3, -0.25) is 14.4 Å². The minimum atomic E-state index is -0.881. The molecule has 176 valence electrons. The highest BCUT2D eigenvalue weighted by atomic mass is 16.5. The van der Waals surface area contributed by atoms with Gasteiger partial charge in [0, 0.05) is 18.7 Å². The van der Waals surface area contributed by atoms with Crippen LogP contribution in [0.15, 0.2) is 54.6 Å². The Morgan fingerprint density at radius 2 is 1.79 bits per heavy atom. The Morgan fingerprint density at radius 3 is 2.52 bits per heavy atom. The standard InChI is InChI=1S/C26H32N2O5/c1-2-3-17-32-22-13-11-21(12-14-22)26(31)28-16-15-27-25(30)23(28)19-24(29)33-18-7-10-20-8-5-4-6-9-20/h4-6,8-9,11-14,23H,2-3,7,10,15-19H2,1H3,(H,27,30)/t23-/m0/s1. The lowest BCUT2D eigenvalue weighted by atomic mass is 10.1. The molecule has 2 aromatic carbocycles. The molecule has 0 saturated carbocycles. The van der Waals surface area contributed by atoms with Crippen LogP contribution in [0.4, 0.5) is 0 Å². The largest absolute Gasteiger partial charge is 0.494 e. The highest BCUT2D eigenvalue weighted by Crippen LogP contribution is 2.18. The zero-order valence-corrected chi connectivity index (χ0v) is 19.1. The molecule has 3 rings (SSSR count). The highest BCUT2D eigenvalue weighted by Gasteiger charge is 2.35. The van der Waals surface area contributed by atoms with E-state index in [0.29, 0.717) is 37.4 Å². The van der Waals surface area contributed by atoms with E-state index in [2.05, 4.69) is 12.2 Å². The summed E-state index contributed by atoms with van der Waals surface area (Å²) in [5.41, 5.74) is 1.63. The molecular weight excluding hydrogens is 420 g/mol. The van der Waals surface area contributed by atoms with Gasteiger partial charge in [-0.1, -0.05) is 43.7 Å². The predicted molar refractivity (Wildman–Crippen MR) is 125 cm³/mol. The molecule has 0 aromatic heterocycles. The summed E-state index contributed by atoms with van der Waals surface area (Å²) in [5.74, 6) is -0.406. The van der Waals surface area contributed by atoms with Gasteiger partial charge in [-0.25, -0.2) is 0 Å². The zero-order valence-electron chi connectivity index (χ0n) is 19.1. The monoisotopic (exact) mass is 452 g/mol. The van der Waals surface area contributed by atoms with Gasteiger partial charge in [-0.2, -0.15) is 0 Å². The Morgan fingerprint density at radius 1 is 1.03 bits per heavy atom. The summed E-state index contributed by atoms with van der Waals surface area (Å²) in [6.07, 6.45) is 3.35. The molecule has 1 N–H and O–H groups in total. The molecule has 33 heavy (non-hydrogen) atoms. The van der Waals surface area contributed by atoms with E-state index >= 15 is 0 Å². The van der Waals surface area contributed by atoms with Crippen molar-refractivity contribution in [3.05, 3.63) is 65.7 Å². The molecule has 1 atom stereocenters.